The lowest BCUT2D eigenvalue weighted by molar-refractivity contribution is 0.128. The standard InChI is InChI=1S/C11H21NO2S/c12-9-3-1-5-11(7-9)15(13)8-10-4-2-6-14-10/h9-11H,1-8,12H2. The molecular formula is C11H21NO2S. The molecule has 0 amide bonds. The Bertz CT molecular complexity index is 229. The zero-order chi connectivity index (χ0) is 10.7. The molecule has 0 aromatic carbocycles. The van der Waals surface area contributed by atoms with Crippen molar-refractivity contribution in [1.82, 2.24) is 0 Å². The van der Waals surface area contributed by atoms with Crippen molar-refractivity contribution >= 4 is 10.8 Å². The molecule has 2 N–H and O–H groups in total. The van der Waals surface area contributed by atoms with Crippen LogP contribution in [0.2, 0.25) is 0 Å². The van der Waals surface area contributed by atoms with Crippen LogP contribution in [0.25, 0.3) is 0 Å². The van der Waals surface area contributed by atoms with E-state index in [0.717, 1.165) is 50.9 Å². The fraction of sp³-hybridized carbons (Fsp3) is 1.00. The summed E-state index contributed by atoms with van der Waals surface area (Å²) in [6, 6.07) is 0.275. The lowest BCUT2D eigenvalue weighted by atomic mass is 9.96. The molecule has 4 heteroatoms. The molecule has 3 nitrogen and oxygen atoms in total. The lowest BCUT2D eigenvalue weighted by Gasteiger charge is -2.26. The number of nitrogens with two attached hydrogens (primary N) is 1. The summed E-state index contributed by atoms with van der Waals surface area (Å²) in [7, 11) is -0.722. The van der Waals surface area contributed by atoms with Crippen molar-refractivity contribution in [3.05, 3.63) is 0 Å². The Morgan fingerprint density at radius 1 is 1.27 bits per heavy atom. The minimum Gasteiger partial charge on any atom is -0.377 e. The van der Waals surface area contributed by atoms with Crippen molar-refractivity contribution in [1.29, 1.82) is 0 Å². The van der Waals surface area contributed by atoms with Crippen molar-refractivity contribution in [2.75, 3.05) is 12.4 Å². The Labute approximate surface area is 94.2 Å². The monoisotopic (exact) mass is 231 g/mol. The van der Waals surface area contributed by atoms with Crippen LogP contribution in [0.5, 0.6) is 0 Å². The Hall–Kier alpha value is 0.0700. The van der Waals surface area contributed by atoms with Crippen LogP contribution in [0.3, 0.4) is 0 Å². The van der Waals surface area contributed by atoms with Gasteiger partial charge >= 0.3 is 0 Å². The van der Waals surface area contributed by atoms with E-state index < -0.39 is 10.8 Å². The molecule has 1 saturated carbocycles. The van der Waals surface area contributed by atoms with Crippen LogP contribution < -0.4 is 5.73 Å². The van der Waals surface area contributed by atoms with Crippen molar-refractivity contribution in [2.24, 2.45) is 5.73 Å². The van der Waals surface area contributed by atoms with E-state index in [0.29, 0.717) is 5.25 Å². The van der Waals surface area contributed by atoms with Crippen LogP contribution in [0.4, 0.5) is 0 Å². The maximum absolute atomic E-state index is 12.1. The van der Waals surface area contributed by atoms with Crippen molar-refractivity contribution in [2.45, 2.75) is 55.9 Å². The van der Waals surface area contributed by atoms with Gasteiger partial charge in [-0.25, -0.2) is 0 Å². The zero-order valence-electron chi connectivity index (χ0n) is 9.19. The van der Waals surface area contributed by atoms with Crippen LogP contribution in [0, 0.1) is 0 Å². The van der Waals surface area contributed by atoms with Gasteiger partial charge in [0.25, 0.3) is 0 Å². The first-order valence-corrected chi connectivity index (χ1v) is 7.38. The number of hydrogen-bond donors (Lipinski definition) is 1. The molecule has 2 rings (SSSR count). The molecule has 0 bridgehead atoms. The molecule has 1 saturated heterocycles. The second-order valence-corrected chi connectivity index (χ2v) is 6.49. The number of hydrogen-bond acceptors (Lipinski definition) is 3. The van der Waals surface area contributed by atoms with Crippen LogP contribution in [0.15, 0.2) is 0 Å². The van der Waals surface area contributed by atoms with Gasteiger partial charge in [-0.3, -0.25) is 4.21 Å². The van der Waals surface area contributed by atoms with E-state index in [1.54, 1.807) is 0 Å². The third-order valence-electron chi connectivity index (χ3n) is 3.41. The quantitative estimate of drug-likeness (QED) is 0.793. The van der Waals surface area contributed by atoms with Gasteiger partial charge in [0.2, 0.25) is 0 Å². The summed E-state index contributed by atoms with van der Waals surface area (Å²) < 4.78 is 17.6. The molecule has 0 spiro atoms. The molecule has 1 aliphatic carbocycles. The van der Waals surface area contributed by atoms with Crippen LogP contribution in [-0.2, 0) is 15.5 Å². The van der Waals surface area contributed by atoms with Gasteiger partial charge < -0.3 is 10.5 Å². The van der Waals surface area contributed by atoms with E-state index in [-0.39, 0.29) is 12.1 Å². The van der Waals surface area contributed by atoms with Gasteiger partial charge in [0.05, 0.1) is 11.9 Å². The van der Waals surface area contributed by atoms with E-state index in [1.807, 2.05) is 0 Å². The van der Waals surface area contributed by atoms with E-state index >= 15 is 0 Å². The molecule has 1 aliphatic heterocycles. The van der Waals surface area contributed by atoms with E-state index in [4.69, 9.17) is 10.5 Å². The van der Waals surface area contributed by atoms with Gasteiger partial charge in [0, 0.05) is 28.7 Å². The molecule has 0 radical (unpaired) electrons. The van der Waals surface area contributed by atoms with Crippen molar-refractivity contribution in [3.8, 4) is 0 Å². The Morgan fingerprint density at radius 2 is 2.13 bits per heavy atom. The van der Waals surface area contributed by atoms with Crippen LogP contribution >= 0.6 is 0 Å². The second kappa shape index (κ2) is 5.41. The first kappa shape index (κ1) is 11.6. The van der Waals surface area contributed by atoms with E-state index in [9.17, 15) is 4.21 Å². The highest BCUT2D eigenvalue weighted by atomic mass is 32.2. The van der Waals surface area contributed by atoms with E-state index in [2.05, 4.69) is 0 Å². The number of ether oxygens (including phenoxy) is 1. The van der Waals surface area contributed by atoms with Crippen molar-refractivity contribution in [3.63, 3.8) is 0 Å². The molecule has 0 aromatic rings. The Kier molecular flexibility index (Phi) is 4.17. The third-order valence-corrected chi connectivity index (χ3v) is 5.28. The summed E-state index contributed by atoms with van der Waals surface area (Å²) in [5.41, 5.74) is 5.91. The van der Waals surface area contributed by atoms with Gasteiger partial charge in [0.15, 0.2) is 0 Å². The average molecular weight is 231 g/mol. The molecule has 2 fully saturated rings. The molecule has 1 heterocycles. The minimum absolute atomic E-state index is 0.254. The molecule has 15 heavy (non-hydrogen) atoms. The SMILES string of the molecule is NC1CCCC(S(=O)CC2CCCO2)C1. The third kappa shape index (κ3) is 3.26. The molecule has 4 unspecified atom stereocenters. The van der Waals surface area contributed by atoms with Gasteiger partial charge in [-0.15, -0.1) is 0 Å². The average Bonchev–Trinajstić information content (AvgIpc) is 2.70. The largest absolute Gasteiger partial charge is 0.377 e. The summed E-state index contributed by atoms with van der Waals surface area (Å²) in [5, 5.41) is 0.331. The Morgan fingerprint density at radius 3 is 2.80 bits per heavy atom. The van der Waals surface area contributed by atoms with Crippen LogP contribution in [0.1, 0.15) is 38.5 Å². The highest BCUT2D eigenvalue weighted by Crippen LogP contribution is 2.23. The summed E-state index contributed by atoms with van der Waals surface area (Å²) >= 11 is 0. The summed E-state index contributed by atoms with van der Waals surface area (Å²) in [6.45, 7) is 0.853. The van der Waals surface area contributed by atoms with Crippen molar-refractivity contribution < 1.29 is 8.95 Å². The lowest BCUT2D eigenvalue weighted by Crippen LogP contribution is -2.35. The molecule has 4 atom stereocenters. The fourth-order valence-electron chi connectivity index (χ4n) is 2.51. The second-order valence-electron chi connectivity index (χ2n) is 4.73. The maximum atomic E-state index is 12.1. The first-order valence-electron chi connectivity index (χ1n) is 6.00. The topological polar surface area (TPSA) is 52.3 Å². The van der Waals surface area contributed by atoms with Crippen LogP contribution in [-0.4, -0.2) is 34.0 Å². The highest BCUT2D eigenvalue weighted by molar-refractivity contribution is 7.85. The first-order chi connectivity index (χ1) is 7.25. The fourth-order valence-corrected chi connectivity index (χ4v) is 4.31. The highest BCUT2D eigenvalue weighted by Gasteiger charge is 2.27. The molecular weight excluding hydrogens is 210 g/mol. The summed E-state index contributed by atoms with van der Waals surface area (Å²) in [5.74, 6) is 0.734. The van der Waals surface area contributed by atoms with E-state index in [1.165, 1.54) is 0 Å². The summed E-state index contributed by atoms with van der Waals surface area (Å²) in [4.78, 5) is 0. The Balaban J connectivity index is 1.78. The summed E-state index contributed by atoms with van der Waals surface area (Å²) in [6.07, 6.45) is 6.75. The number of rotatable bonds is 3. The molecule has 2 aliphatic rings. The normalized spacial score (nSPS) is 39.1. The van der Waals surface area contributed by atoms with Gasteiger partial charge in [-0.2, -0.15) is 0 Å². The zero-order valence-corrected chi connectivity index (χ0v) is 10.0. The molecule has 88 valence electrons. The smallest absolute Gasteiger partial charge is 0.0691 e. The maximum Gasteiger partial charge on any atom is 0.0691 e. The minimum atomic E-state index is -0.722. The van der Waals surface area contributed by atoms with Gasteiger partial charge in [-0.1, -0.05) is 6.42 Å². The predicted molar refractivity (Wildman–Crippen MR) is 62.2 cm³/mol. The predicted octanol–water partition coefficient (Wildman–Crippen LogP) is 1.18. The van der Waals surface area contributed by atoms with Gasteiger partial charge in [0.1, 0.15) is 0 Å². The van der Waals surface area contributed by atoms with Gasteiger partial charge in [-0.05, 0) is 32.1 Å². The molecule has 0 aromatic heterocycles.